The number of rotatable bonds is 2. The van der Waals surface area contributed by atoms with Crippen LogP contribution in [-0.4, -0.2) is 18.6 Å². The van der Waals surface area contributed by atoms with E-state index in [1.165, 1.54) is 5.56 Å². The molecule has 0 saturated carbocycles. The maximum atomic E-state index is 9.73. The average molecular weight is 315 g/mol. The van der Waals surface area contributed by atoms with Gasteiger partial charge in [-0.3, -0.25) is 0 Å². The molecule has 1 aromatic heterocycles. The lowest BCUT2D eigenvalue weighted by molar-refractivity contribution is 0.415. The number of aromatic amines is 1. The zero-order valence-electron chi connectivity index (χ0n) is 13.4. The molecule has 4 heteroatoms. The molecule has 0 saturated heterocycles. The van der Waals surface area contributed by atoms with Crippen LogP contribution in [0.4, 0.5) is 0 Å². The highest BCUT2D eigenvalue weighted by Crippen LogP contribution is 2.34. The minimum absolute atomic E-state index is 0.662. The first-order chi connectivity index (χ1) is 11.8. The molecule has 4 nitrogen and oxygen atoms in total. The summed E-state index contributed by atoms with van der Waals surface area (Å²) in [6.45, 7) is 0.810. The number of allylic oxidation sites excluding steroid dienone is 1. The van der Waals surface area contributed by atoms with Crippen LogP contribution in [0.15, 0.2) is 48.5 Å². The van der Waals surface area contributed by atoms with E-state index in [0.29, 0.717) is 5.57 Å². The van der Waals surface area contributed by atoms with E-state index >= 15 is 0 Å². The highest BCUT2D eigenvalue weighted by Gasteiger charge is 2.23. The molecular weight excluding hydrogens is 298 g/mol. The molecule has 0 spiro atoms. The molecule has 2 aromatic carbocycles. The average Bonchev–Trinajstić information content (AvgIpc) is 3.02. The molecule has 1 aliphatic heterocycles. The number of nitriles is 1. The van der Waals surface area contributed by atoms with Crippen LogP contribution in [0, 0.1) is 11.3 Å². The smallest absolute Gasteiger partial charge is 0.119 e. The number of aromatic nitrogens is 1. The van der Waals surface area contributed by atoms with E-state index in [1.807, 2.05) is 42.5 Å². The molecule has 0 bridgehead atoms. The first-order valence-corrected chi connectivity index (χ1v) is 7.94. The van der Waals surface area contributed by atoms with Gasteiger partial charge in [0, 0.05) is 17.4 Å². The van der Waals surface area contributed by atoms with Crippen LogP contribution < -0.4 is 10.1 Å². The van der Waals surface area contributed by atoms with E-state index in [1.54, 1.807) is 7.11 Å². The minimum Gasteiger partial charge on any atom is -0.497 e. The number of ether oxygens (including phenoxy) is 1. The number of hydrogen-bond acceptors (Lipinski definition) is 3. The predicted molar refractivity (Wildman–Crippen MR) is 95.4 cm³/mol. The van der Waals surface area contributed by atoms with Gasteiger partial charge in [0.25, 0.3) is 0 Å². The van der Waals surface area contributed by atoms with Gasteiger partial charge in [-0.05, 0) is 35.7 Å². The second-order valence-corrected chi connectivity index (χ2v) is 5.79. The van der Waals surface area contributed by atoms with Gasteiger partial charge >= 0.3 is 0 Å². The molecule has 1 aliphatic rings. The Bertz CT molecular complexity index is 977. The van der Waals surface area contributed by atoms with Gasteiger partial charge in [0.15, 0.2) is 0 Å². The van der Waals surface area contributed by atoms with Gasteiger partial charge in [-0.1, -0.05) is 30.3 Å². The molecule has 118 valence electrons. The number of fused-ring (bicyclic) bond motifs is 3. The number of H-pyrrole nitrogens is 1. The predicted octanol–water partition coefficient (Wildman–Crippen LogP) is 3.71. The fourth-order valence-electron chi connectivity index (χ4n) is 3.31. The van der Waals surface area contributed by atoms with Gasteiger partial charge in [0.1, 0.15) is 11.8 Å². The summed E-state index contributed by atoms with van der Waals surface area (Å²) in [4.78, 5) is 3.47. The maximum Gasteiger partial charge on any atom is 0.119 e. The van der Waals surface area contributed by atoms with Gasteiger partial charge in [-0.25, -0.2) is 0 Å². The standard InChI is InChI=1S/C20H17N3O/c1-24-14-7-8-18-16(11-14)15-9-10-22-19(20(15)23-18)17(12-21)13-5-3-2-4-6-13/h2-8,11,22-23H,9-10H2,1H3/b19-17+. The lowest BCUT2D eigenvalue weighted by atomic mass is 9.97. The van der Waals surface area contributed by atoms with Gasteiger partial charge < -0.3 is 15.0 Å². The Kier molecular flexibility index (Phi) is 3.47. The maximum absolute atomic E-state index is 9.73. The van der Waals surface area contributed by atoms with Gasteiger partial charge in [0.05, 0.1) is 24.1 Å². The van der Waals surface area contributed by atoms with Crippen molar-refractivity contribution in [2.45, 2.75) is 6.42 Å². The number of nitrogens with zero attached hydrogens (tertiary/aromatic N) is 1. The highest BCUT2D eigenvalue weighted by molar-refractivity contribution is 6.00. The molecule has 4 rings (SSSR count). The molecule has 3 aromatic rings. The molecule has 0 amide bonds. The van der Waals surface area contributed by atoms with E-state index in [2.05, 4.69) is 22.4 Å². The fourth-order valence-corrected chi connectivity index (χ4v) is 3.31. The third-order valence-electron chi connectivity index (χ3n) is 4.46. The Morgan fingerprint density at radius 1 is 1.17 bits per heavy atom. The SMILES string of the molecule is COc1ccc2[nH]c3c(c2c1)CCN/C3=C(\C#N)c1ccccc1. The van der Waals surface area contributed by atoms with E-state index < -0.39 is 0 Å². The van der Waals surface area contributed by atoms with Crippen molar-refractivity contribution in [1.82, 2.24) is 10.3 Å². The van der Waals surface area contributed by atoms with Crippen LogP contribution in [-0.2, 0) is 6.42 Å². The Morgan fingerprint density at radius 2 is 2.00 bits per heavy atom. The molecule has 0 fully saturated rings. The lowest BCUT2D eigenvalue weighted by Gasteiger charge is -2.19. The third-order valence-corrected chi connectivity index (χ3v) is 4.46. The van der Waals surface area contributed by atoms with Crippen molar-refractivity contribution in [3.8, 4) is 11.8 Å². The summed E-state index contributed by atoms with van der Waals surface area (Å²) in [7, 11) is 1.68. The first kappa shape index (κ1) is 14.4. The van der Waals surface area contributed by atoms with E-state index in [0.717, 1.165) is 46.6 Å². The van der Waals surface area contributed by atoms with Gasteiger partial charge in [-0.15, -0.1) is 0 Å². The van der Waals surface area contributed by atoms with E-state index in [4.69, 9.17) is 4.74 Å². The highest BCUT2D eigenvalue weighted by atomic mass is 16.5. The largest absolute Gasteiger partial charge is 0.497 e. The van der Waals surface area contributed by atoms with Crippen molar-refractivity contribution in [3.63, 3.8) is 0 Å². The summed E-state index contributed by atoms with van der Waals surface area (Å²) in [5.41, 5.74) is 5.76. The van der Waals surface area contributed by atoms with Crippen LogP contribution >= 0.6 is 0 Å². The monoisotopic (exact) mass is 315 g/mol. The zero-order valence-corrected chi connectivity index (χ0v) is 13.4. The van der Waals surface area contributed by atoms with Crippen LogP contribution in [0.2, 0.25) is 0 Å². The third kappa shape index (κ3) is 2.22. The quantitative estimate of drug-likeness (QED) is 0.709. The summed E-state index contributed by atoms with van der Waals surface area (Å²) in [6.07, 6.45) is 0.916. The number of hydrogen-bond donors (Lipinski definition) is 2. The Hall–Kier alpha value is -3.19. The summed E-state index contributed by atoms with van der Waals surface area (Å²) in [5, 5.41) is 14.3. The minimum atomic E-state index is 0.662. The Balaban J connectivity index is 1.96. The molecule has 2 heterocycles. The van der Waals surface area contributed by atoms with Crippen LogP contribution in [0.3, 0.4) is 0 Å². The van der Waals surface area contributed by atoms with Gasteiger partial charge in [-0.2, -0.15) is 5.26 Å². The summed E-state index contributed by atoms with van der Waals surface area (Å²) in [5.74, 6) is 0.844. The summed E-state index contributed by atoms with van der Waals surface area (Å²) >= 11 is 0. The van der Waals surface area contributed by atoms with Crippen molar-refractivity contribution >= 4 is 22.2 Å². The lowest BCUT2D eigenvalue weighted by Crippen LogP contribution is -2.23. The van der Waals surface area contributed by atoms with Crippen molar-refractivity contribution in [3.05, 3.63) is 65.4 Å². The Morgan fingerprint density at radius 3 is 2.75 bits per heavy atom. The Labute approximate surface area is 140 Å². The molecule has 0 aliphatic carbocycles. The second-order valence-electron chi connectivity index (χ2n) is 5.79. The van der Waals surface area contributed by atoms with Crippen LogP contribution in [0.25, 0.3) is 22.2 Å². The van der Waals surface area contributed by atoms with Crippen LogP contribution in [0.5, 0.6) is 5.75 Å². The van der Waals surface area contributed by atoms with E-state index in [9.17, 15) is 5.26 Å². The zero-order chi connectivity index (χ0) is 16.5. The molecule has 0 unspecified atom stereocenters. The molecule has 24 heavy (non-hydrogen) atoms. The molecule has 0 radical (unpaired) electrons. The number of nitrogens with one attached hydrogen (secondary N) is 2. The van der Waals surface area contributed by atoms with Crippen molar-refractivity contribution < 1.29 is 4.74 Å². The molecule has 2 N–H and O–H groups in total. The second kappa shape index (κ2) is 5.78. The first-order valence-electron chi connectivity index (χ1n) is 7.94. The van der Waals surface area contributed by atoms with Crippen molar-refractivity contribution in [2.75, 3.05) is 13.7 Å². The number of benzene rings is 2. The molecular formula is C20H17N3O. The fraction of sp³-hybridized carbons (Fsp3) is 0.150. The summed E-state index contributed by atoms with van der Waals surface area (Å²) in [6, 6.07) is 18.2. The van der Waals surface area contributed by atoms with Crippen LogP contribution in [0.1, 0.15) is 16.8 Å². The normalized spacial score (nSPS) is 15.3. The van der Waals surface area contributed by atoms with Crippen molar-refractivity contribution in [1.29, 1.82) is 5.26 Å². The van der Waals surface area contributed by atoms with Crippen molar-refractivity contribution in [2.24, 2.45) is 0 Å². The van der Waals surface area contributed by atoms with Gasteiger partial charge in [0.2, 0.25) is 0 Å². The van der Waals surface area contributed by atoms with E-state index in [-0.39, 0.29) is 0 Å². The summed E-state index contributed by atoms with van der Waals surface area (Å²) < 4.78 is 5.35. The molecule has 0 atom stereocenters. The number of methoxy groups -OCH3 is 1. The topological polar surface area (TPSA) is 60.8 Å².